The zero-order valence-corrected chi connectivity index (χ0v) is 18.4. The quantitative estimate of drug-likeness (QED) is 0.467. The van der Waals surface area contributed by atoms with Crippen molar-refractivity contribution in [3.63, 3.8) is 0 Å². The number of para-hydroxylation sites is 1. The van der Waals surface area contributed by atoms with Crippen molar-refractivity contribution in [2.75, 3.05) is 5.32 Å². The van der Waals surface area contributed by atoms with Crippen LogP contribution in [-0.2, 0) is 4.79 Å². The molecule has 1 fully saturated rings. The molecular weight excluding hydrogens is 398 g/mol. The molecule has 0 bridgehead atoms. The average molecular weight is 426 g/mol. The van der Waals surface area contributed by atoms with Crippen LogP contribution in [0.4, 0.5) is 5.82 Å². The maximum Gasteiger partial charge on any atom is 0.262 e. The Labute approximate surface area is 179 Å². The van der Waals surface area contributed by atoms with E-state index in [0.717, 1.165) is 25.7 Å². The number of anilines is 1. The molecule has 1 saturated carbocycles. The highest BCUT2D eigenvalue weighted by molar-refractivity contribution is 8.00. The number of carbonyl (C=O) groups is 1. The van der Waals surface area contributed by atoms with E-state index in [1.807, 2.05) is 49.6 Å². The zero-order valence-electron chi connectivity index (χ0n) is 17.5. The molecule has 30 heavy (non-hydrogen) atoms. The van der Waals surface area contributed by atoms with Gasteiger partial charge in [-0.3, -0.25) is 14.2 Å². The Morgan fingerprint density at radius 2 is 1.90 bits per heavy atom. The first-order valence-electron chi connectivity index (χ1n) is 10.5. The fourth-order valence-electron chi connectivity index (χ4n) is 3.96. The molecular formula is C22H27N5O2S. The smallest absolute Gasteiger partial charge is 0.262 e. The van der Waals surface area contributed by atoms with Crippen molar-refractivity contribution in [2.45, 2.75) is 68.9 Å². The number of rotatable bonds is 6. The van der Waals surface area contributed by atoms with Gasteiger partial charge in [-0.25, -0.2) is 9.67 Å². The zero-order chi connectivity index (χ0) is 21.3. The van der Waals surface area contributed by atoms with Gasteiger partial charge in [-0.05, 0) is 45.7 Å². The van der Waals surface area contributed by atoms with E-state index < -0.39 is 5.25 Å². The summed E-state index contributed by atoms with van der Waals surface area (Å²) in [7, 11) is 0. The number of thioether (sulfide) groups is 1. The molecule has 2 heterocycles. The van der Waals surface area contributed by atoms with Crippen LogP contribution < -0.4 is 10.9 Å². The van der Waals surface area contributed by atoms with Crippen LogP contribution in [0.5, 0.6) is 0 Å². The van der Waals surface area contributed by atoms with Crippen molar-refractivity contribution >= 4 is 34.4 Å². The van der Waals surface area contributed by atoms with Crippen LogP contribution >= 0.6 is 11.8 Å². The molecule has 1 unspecified atom stereocenters. The standard InChI is InChI=1S/C22H27N5O2S/c1-14(2)27-19(12-13-23-27)25-20(28)15(3)30-22-24-18-11-7-6-10-17(18)21(29)26(22)16-8-4-5-9-16/h6-7,10-16H,4-5,8-9H2,1-3H3,(H,25,28). The molecule has 158 valence electrons. The van der Waals surface area contributed by atoms with Crippen LogP contribution in [-0.4, -0.2) is 30.5 Å². The van der Waals surface area contributed by atoms with Crippen molar-refractivity contribution < 1.29 is 4.79 Å². The largest absolute Gasteiger partial charge is 0.310 e. The molecule has 1 atom stereocenters. The predicted molar refractivity (Wildman–Crippen MR) is 120 cm³/mol. The second-order valence-electron chi connectivity index (χ2n) is 8.03. The molecule has 1 aliphatic carbocycles. The van der Waals surface area contributed by atoms with E-state index in [9.17, 15) is 9.59 Å². The minimum absolute atomic E-state index is 0.0134. The summed E-state index contributed by atoms with van der Waals surface area (Å²) in [6.45, 7) is 5.87. The summed E-state index contributed by atoms with van der Waals surface area (Å²) in [6.07, 6.45) is 5.85. The number of nitrogens with zero attached hydrogens (tertiary/aromatic N) is 4. The van der Waals surface area contributed by atoms with Crippen LogP contribution in [0.25, 0.3) is 10.9 Å². The Kier molecular flexibility index (Phi) is 5.94. The second kappa shape index (κ2) is 8.63. The molecule has 0 saturated heterocycles. The van der Waals surface area contributed by atoms with E-state index in [-0.39, 0.29) is 23.6 Å². The lowest BCUT2D eigenvalue weighted by Crippen LogP contribution is -2.29. The molecule has 2 aromatic heterocycles. The van der Waals surface area contributed by atoms with Gasteiger partial charge in [0, 0.05) is 18.2 Å². The number of fused-ring (bicyclic) bond motifs is 1. The van der Waals surface area contributed by atoms with Crippen LogP contribution in [0.1, 0.15) is 58.5 Å². The average Bonchev–Trinajstić information content (AvgIpc) is 3.40. The first kappa shape index (κ1) is 20.7. The van der Waals surface area contributed by atoms with Gasteiger partial charge >= 0.3 is 0 Å². The van der Waals surface area contributed by atoms with E-state index in [4.69, 9.17) is 4.98 Å². The fourth-order valence-corrected chi connectivity index (χ4v) is 4.94. The fraction of sp³-hybridized carbons (Fsp3) is 0.455. The highest BCUT2D eigenvalue weighted by Gasteiger charge is 2.26. The van der Waals surface area contributed by atoms with Gasteiger partial charge in [-0.2, -0.15) is 5.10 Å². The maximum atomic E-state index is 13.3. The monoisotopic (exact) mass is 425 g/mol. The normalized spacial score (nSPS) is 15.7. The van der Waals surface area contributed by atoms with Crippen LogP contribution in [0.2, 0.25) is 0 Å². The number of amides is 1. The van der Waals surface area contributed by atoms with E-state index in [1.54, 1.807) is 16.9 Å². The lowest BCUT2D eigenvalue weighted by Gasteiger charge is -2.20. The summed E-state index contributed by atoms with van der Waals surface area (Å²) in [5.41, 5.74) is 0.658. The Hall–Kier alpha value is -2.61. The first-order chi connectivity index (χ1) is 14.5. The SMILES string of the molecule is CC(Sc1nc2ccccc2c(=O)n1C1CCCC1)C(=O)Nc1ccnn1C(C)C. The minimum Gasteiger partial charge on any atom is -0.310 e. The Bertz CT molecular complexity index is 1110. The molecule has 7 nitrogen and oxygen atoms in total. The van der Waals surface area contributed by atoms with Gasteiger partial charge in [0.15, 0.2) is 5.16 Å². The third-order valence-corrected chi connectivity index (χ3v) is 6.59. The minimum atomic E-state index is -0.416. The summed E-state index contributed by atoms with van der Waals surface area (Å²) in [5.74, 6) is 0.532. The molecule has 1 aliphatic rings. The molecule has 0 spiro atoms. The van der Waals surface area contributed by atoms with Crippen molar-refractivity contribution in [1.82, 2.24) is 19.3 Å². The third-order valence-electron chi connectivity index (χ3n) is 5.53. The van der Waals surface area contributed by atoms with Gasteiger partial charge in [0.1, 0.15) is 5.82 Å². The molecule has 0 aliphatic heterocycles. The molecule has 1 amide bonds. The molecule has 8 heteroatoms. The highest BCUT2D eigenvalue weighted by atomic mass is 32.2. The van der Waals surface area contributed by atoms with Gasteiger partial charge < -0.3 is 5.32 Å². The van der Waals surface area contributed by atoms with Gasteiger partial charge in [0.05, 0.1) is 22.3 Å². The molecule has 4 rings (SSSR count). The summed E-state index contributed by atoms with van der Waals surface area (Å²) in [5, 5.41) is 8.05. The Morgan fingerprint density at radius 3 is 2.63 bits per heavy atom. The maximum absolute atomic E-state index is 13.3. The van der Waals surface area contributed by atoms with E-state index in [1.165, 1.54) is 11.8 Å². The molecule has 0 radical (unpaired) electrons. The van der Waals surface area contributed by atoms with Crippen molar-refractivity contribution in [2.24, 2.45) is 0 Å². The lowest BCUT2D eigenvalue weighted by molar-refractivity contribution is -0.115. The van der Waals surface area contributed by atoms with E-state index in [0.29, 0.717) is 21.9 Å². The van der Waals surface area contributed by atoms with Gasteiger partial charge in [0.2, 0.25) is 5.91 Å². The lowest BCUT2D eigenvalue weighted by atomic mass is 10.2. The summed E-state index contributed by atoms with van der Waals surface area (Å²) >= 11 is 1.34. The second-order valence-corrected chi connectivity index (χ2v) is 9.34. The summed E-state index contributed by atoms with van der Waals surface area (Å²) in [6, 6.07) is 9.51. The highest BCUT2D eigenvalue weighted by Crippen LogP contribution is 2.33. The third kappa shape index (κ3) is 4.01. The summed E-state index contributed by atoms with van der Waals surface area (Å²) < 4.78 is 3.60. The number of nitrogens with one attached hydrogen (secondary N) is 1. The number of aromatic nitrogens is 4. The number of hydrogen-bond donors (Lipinski definition) is 1. The van der Waals surface area contributed by atoms with Crippen LogP contribution in [0, 0.1) is 0 Å². The van der Waals surface area contributed by atoms with E-state index >= 15 is 0 Å². The van der Waals surface area contributed by atoms with Crippen molar-refractivity contribution in [1.29, 1.82) is 0 Å². The van der Waals surface area contributed by atoms with Crippen LogP contribution in [0.15, 0.2) is 46.5 Å². The molecule has 1 aromatic carbocycles. The molecule has 1 N–H and O–H groups in total. The van der Waals surface area contributed by atoms with Crippen molar-refractivity contribution in [3.05, 3.63) is 46.9 Å². The number of hydrogen-bond acceptors (Lipinski definition) is 5. The predicted octanol–water partition coefficient (Wildman–Crippen LogP) is 4.41. The van der Waals surface area contributed by atoms with Gasteiger partial charge in [0.25, 0.3) is 5.56 Å². The first-order valence-corrected chi connectivity index (χ1v) is 11.4. The van der Waals surface area contributed by atoms with Gasteiger partial charge in [-0.15, -0.1) is 0 Å². The van der Waals surface area contributed by atoms with Gasteiger partial charge in [-0.1, -0.05) is 36.7 Å². The molecule has 3 aromatic rings. The number of benzene rings is 1. The Balaban J connectivity index is 1.63. The van der Waals surface area contributed by atoms with Crippen molar-refractivity contribution in [3.8, 4) is 0 Å². The Morgan fingerprint density at radius 1 is 1.17 bits per heavy atom. The topological polar surface area (TPSA) is 81.8 Å². The van der Waals surface area contributed by atoms with E-state index in [2.05, 4.69) is 10.4 Å². The number of carbonyl (C=O) groups excluding carboxylic acids is 1. The summed E-state index contributed by atoms with van der Waals surface area (Å²) in [4.78, 5) is 30.9. The van der Waals surface area contributed by atoms with Crippen LogP contribution in [0.3, 0.4) is 0 Å².